The normalized spacial score (nSPS) is 10.9. The summed E-state index contributed by atoms with van der Waals surface area (Å²) in [7, 11) is 0. The fraction of sp³-hybridized carbons (Fsp3) is 0.167. The van der Waals surface area contributed by atoms with Gasteiger partial charge in [0, 0.05) is 6.20 Å². The molecule has 3 aromatic rings. The average Bonchev–Trinajstić information content (AvgIpc) is 2.92. The van der Waals surface area contributed by atoms with Crippen molar-refractivity contribution in [2.45, 2.75) is 13.8 Å². The van der Waals surface area contributed by atoms with Gasteiger partial charge in [-0.3, -0.25) is 10.1 Å². The number of hydrogen-bond acceptors (Lipinski definition) is 5. The van der Waals surface area contributed by atoms with Gasteiger partial charge in [0.15, 0.2) is 5.65 Å². The number of nitrogens with zero attached hydrogens (tertiary/aromatic N) is 4. The Morgan fingerprint density at radius 3 is 2.90 bits per heavy atom. The number of anilines is 1. The number of amides is 1. The lowest BCUT2D eigenvalue weighted by molar-refractivity contribution is 0.102. The van der Waals surface area contributed by atoms with E-state index in [0.717, 1.165) is 0 Å². The second kappa shape index (κ2) is 4.61. The van der Waals surface area contributed by atoms with Crippen LogP contribution in [-0.2, 0) is 0 Å². The molecular formula is C12H10ClN5O2. The van der Waals surface area contributed by atoms with E-state index in [1.807, 2.05) is 0 Å². The van der Waals surface area contributed by atoms with E-state index in [4.69, 9.17) is 16.1 Å². The van der Waals surface area contributed by atoms with Gasteiger partial charge in [0.1, 0.15) is 11.3 Å². The summed E-state index contributed by atoms with van der Waals surface area (Å²) in [4.78, 5) is 16.3. The Morgan fingerprint density at radius 2 is 2.20 bits per heavy atom. The van der Waals surface area contributed by atoms with Gasteiger partial charge in [-0.15, -0.1) is 5.10 Å². The zero-order valence-corrected chi connectivity index (χ0v) is 11.5. The van der Waals surface area contributed by atoms with Crippen LogP contribution in [0.2, 0.25) is 5.02 Å². The highest BCUT2D eigenvalue weighted by atomic mass is 35.5. The summed E-state index contributed by atoms with van der Waals surface area (Å²) in [5.41, 5.74) is 1.50. The third-order valence-corrected chi connectivity index (χ3v) is 3.00. The molecule has 0 saturated carbocycles. The molecule has 0 fully saturated rings. The monoisotopic (exact) mass is 291 g/mol. The molecule has 8 heteroatoms. The molecule has 7 nitrogen and oxygen atoms in total. The molecule has 0 spiro atoms. The maximum atomic E-state index is 12.1. The third kappa shape index (κ3) is 2.12. The highest BCUT2D eigenvalue weighted by Crippen LogP contribution is 2.15. The Balaban J connectivity index is 1.91. The molecule has 0 atom stereocenters. The van der Waals surface area contributed by atoms with Gasteiger partial charge in [0.05, 0.1) is 10.7 Å². The molecule has 1 N–H and O–H groups in total. The fourth-order valence-corrected chi connectivity index (χ4v) is 2.04. The fourth-order valence-electron chi connectivity index (χ4n) is 1.88. The van der Waals surface area contributed by atoms with Crippen molar-refractivity contribution in [1.29, 1.82) is 0 Å². The number of fused-ring (bicyclic) bond motifs is 1. The van der Waals surface area contributed by atoms with E-state index in [9.17, 15) is 4.79 Å². The summed E-state index contributed by atoms with van der Waals surface area (Å²) in [6.45, 7) is 3.37. The van der Waals surface area contributed by atoms with Crippen molar-refractivity contribution in [1.82, 2.24) is 19.8 Å². The Bertz CT molecular complexity index is 788. The summed E-state index contributed by atoms with van der Waals surface area (Å²) in [6.07, 6.45) is 1.61. The number of aromatic nitrogens is 4. The van der Waals surface area contributed by atoms with E-state index in [1.165, 1.54) is 4.52 Å². The van der Waals surface area contributed by atoms with Crippen LogP contribution in [0, 0.1) is 13.8 Å². The Morgan fingerprint density at radius 1 is 1.40 bits per heavy atom. The van der Waals surface area contributed by atoms with E-state index in [1.54, 1.807) is 32.2 Å². The Kier molecular flexibility index (Phi) is 2.90. The molecule has 3 rings (SSSR count). The first-order chi connectivity index (χ1) is 9.54. The maximum absolute atomic E-state index is 12.1. The summed E-state index contributed by atoms with van der Waals surface area (Å²) < 4.78 is 6.45. The van der Waals surface area contributed by atoms with Gasteiger partial charge in [-0.05, 0) is 26.0 Å². The second-order valence-electron chi connectivity index (χ2n) is 4.24. The van der Waals surface area contributed by atoms with Crippen molar-refractivity contribution < 1.29 is 9.32 Å². The van der Waals surface area contributed by atoms with Gasteiger partial charge in [0.25, 0.3) is 5.91 Å². The first-order valence-electron chi connectivity index (χ1n) is 5.81. The number of rotatable bonds is 2. The number of carbonyl (C=O) groups excluding carboxylic acids is 1. The molecule has 0 aliphatic heterocycles. The van der Waals surface area contributed by atoms with Crippen LogP contribution in [0.15, 0.2) is 22.9 Å². The number of nitrogens with one attached hydrogen (secondary N) is 1. The van der Waals surface area contributed by atoms with Crippen molar-refractivity contribution in [2.75, 3.05) is 5.32 Å². The molecular weight excluding hydrogens is 282 g/mol. The van der Waals surface area contributed by atoms with E-state index < -0.39 is 0 Å². The minimum atomic E-state index is -0.358. The zero-order valence-electron chi connectivity index (χ0n) is 10.7. The molecule has 0 bridgehead atoms. The van der Waals surface area contributed by atoms with Crippen LogP contribution < -0.4 is 5.32 Å². The first-order valence-corrected chi connectivity index (χ1v) is 6.18. The third-order valence-electron chi connectivity index (χ3n) is 2.78. The highest BCUT2D eigenvalue weighted by molar-refractivity contribution is 6.30. The lowest BCUT2D eigenvalue weighted by atomic mass is 10.2. The van der Waals surface area contributed by atoms with Crippen LogP contribution in [0.5, 0.6) is 0 Å². The summed E-state index contributed by atoms with van der Waals surface area (Å²) in [5, 5.41) is 11.0. The quantitative estimate of drug-likeness (QED) is 0.782. The molecule has 102 valence electrons. The van der Waals surface area contributed by atoms with Crippen LogP contribution in [0.4, 0.5) is 5.95 Å². The molecule has 0 saturated heterocycles. The summed E-state index contributed by atoms with van der Waals surface area (Å²) in [6, 6.07) is 3.41. The van der Waals surface area contributed by atoms with E-state index in [-0.39, 0.29) is 11.9 Å². The SMILES string of the molecule is Cc1noc(C)c1C(=O)Nc1nc2ccc(Cl)cn2n1. The minimum absolute atomic E-state index is 0.192. The summed E-state index contributed by atoms with van der Waals surface area (Å²) >= 11 is 5.86. The lowest BCUT2D eigenvalue weighted by Gasteiger charge is -1.98. The van der Waals surface area contributed by atoms with Gasteiger partial charge in [-0.1, -0.05) is 16.8 Å². The van der Waals surface area contributed by atoms with E-state index in [0.29, 0.717) is 27.7 Å². The van der Waals surface area contributed by atoms with Crippen LogP contribution in [0.1, 0.15) is 21.8 Å². The molecule has 3 aromatic heterocycles. The molecule has 0 aliphatic carbocycles. The molecule has 1 amide bonds. The van der Waals surface area contributed by atoms with Crippen LogP contribution in [-0.4, -0.2) is 25.7 Å². The van der Waals surface area contributed by atoms with Gasteiger partial charge in [0.2, 0.25) is 5.95 Å². The van der Waals surface area contributed by atoms with Crippen molar-refractivity contribution in [2.24, 2.45) is 0 Å². The zero-order chi connectivity index (χ0) is 14.3. The van der Waals surface area contributed by atoms with E-state index >= 15 is 0 Å². The van der Waals surface area contributed by atoms with Gasteiger partial charge >= 0.3 is 0 Å². The molecule has 0 aromatic carbocycles. The number of aryl methyl sites for hydroxylation is 2. The molecule has 0 aliphatic rings. The topological polar surface area (TPSA) is 85.3 Å². The lowest BCUT2D eigenvalue weighted by Crippen LogP contribution is -2.14. The smallest absolute Gasteiger partial charge is 0.263 e. The minimum Gasteiger partial charge on any atom is -0.361 e. The van der Waals surface area contributed by atoms with Gasteiger partial charge in [-0.2, -0.15) is 4.98 Å². The van der Waals surface area contributed by atoms with Crippen LogP contribution in [0.25, 0.3) is 5.65 Å². The van der Waals surface area contributed by atoms with Gasteiger partial charge < -0.3 is 4.52 Å². The molecule has 3 heterocycles. The second-order valence-corrected chi connectivity index (χ2v) is 4.68. The van der Waals surface area contributed by atoms with Crippen molar-refractivity contribution >= 4 is 29.1 Å². The first kappa shape index (κ1) is 12.6. The standard InChI is InChI=1S/C12H10ClN5O2/c1-6-10(7(2)20-17-6)11(19)15-12-14-9-4-3-8(13)5-18(9)16-12/h3-5H,1-2H3,(H,15,16,19). The maximum Gasteiger partial charge on any atom is 0.263 e. The Hall–Kier alpha value is -2.41. The number of carbonyl (C=O) groups is 1. The predicted octanol–water partition coefficient (Wildman–Crippen LogP) is 2.24. The molecule has 0 unspecified atom stereocenters. The average molecular weight is 292 g/mol. The van der Waals surface area contributed by atoms with Crippen LogP contribution >= 0.6 is 11.6 Å². The summed E-state index contributed by atoms with van der Waals surface area (Å²) in [5.74, 6) is 0.285. The van der Waals surface area contributed by atoms with E-state index in [2.05, 4.69) is 20.6 Å². The number of halogens is 1. The van der Waals surface area contributed by atoms with Crippen LogP contribution in [0.3, 0.4) is 0 Å². The number of pyridine rings is 1. The number of hydrogen-bond donors (Lipinski definition) is 1. The van der Waals surface area contributed by atoms with Gasteiger partial charge in [-0.25, -0.2) is 4.52 Å². The molecule has 0 radical (unpaired) electrons. The highest BCUT2D eigenvalue weighted by Gasteiger charge is 2.19. The Labute approximate surface area is 118 Å². The van der Waals surface area contributed by atoms with Crippen molar-refractivity contribution in [3.05, 3.63) is 40.4 Å². The van der Waals surface area contributed by atoms with Crippen molar-refractivity contribution in [3.8, 4) is 0 Å². The molecule has 20 heavy (non-hydrogen) atoms. The largest absolute Gasteiger partial charge is 0.361 e. The van der Waals surface area contributed by atoms with Crippen molar-refractivity contribution in [3.63, 3.8) is 0 Å². The predicted molar refractivity (Wildman–Crippen MR) is 71.9 cm³/mol.